The summed E-state index contributed by atoms with van der Waals surface area (Å²) in [7, 11) is 2.23. The first-order chi connectivity index (χ1) is 7.59. The van der Waals surface area contributed by atoms with Gasteiger partial charge in [0.1, 0.15) is 0 Å². The predicted molar refractivity (Wildman–Crippen MR) is 70.1 cm³/mol. The standard InChI is InChI=1S/C14H22N2/c1-11-7-5-6-8-14(11)16-9-12(2)15(4)13(3)10-16/h5-8,12-13H,9-10H2,1-4H3/t12-,13+. The largest absolute Gasteiger partial charge is 0.368 e. The van der Waals surface area contributed by atoms with Crippen LogP contribution in [0.15, 0.2) is 24.3 Å². The fraction of sp³-hybridized carbons (Fsp3) is 0.571. The van der Waals surface area contributed by atoms with Crippen molar-refractivity contribution in [3.8, 4) is 0 Å². The highest BCUT2D eigenvalue weighted by atomic mass is 15.3. The van der Waals surface area contributed by atoms with Crippen molar-refractivity contribution >= 4 is 5.69 Å². The molecule has 1 fully saturated rings. The third-order valence-corrected chi connectivity index (χ3v) is 3.82. The number of aryl methyl sites for hydroxylation is 1. The lowest BCUT2D eigenvalue weighted by Gasteiger charge is -2.44. The van der Waals surface area contributed by atoms with E-state index in [0.29, 0.717) is 12.1 Å². The van der Waals surface area contributed by atoms with Crippen molar-refractivity contribution in [2.45, 2.75) is 32.9 Å². The highest BCUT2D eigenvalue weighted by molar-refractivity contribution is 5.53. The van der Waals surface area contributed by atoms with Gasteiger partial charge in [-0.3, -0.25) is 4.90 Å². The fourth-order valence-electron chi connectivity index (χ4n) is 2.52. The van der Waals surface area contributed by atoms with Crippen molar-refractivity contribution in [2.24, 2.45) is 0 Å². The number of nitrogens with zero attached hydrogens (tertiary/aromatic N) is 2. The molecule has 0 spiro atoms. The Kier molecular flexibility index (Phi) is 3.20. The van der Waals surface area contributed by atoms with Gasteiger partial charge in [-0.1, -0.05) is 18.2 Å². The number of hydrogen-bond donors (Lipinski definition) is 0. The minimum Gasteiger partial charge on any atom is -0.368 e. The quantitative estimate of drug-likeness (QED) is 0.714. The summed E-state index contributed by atoms with van der Waals surface area (Å²) < 4.78 is 0. The van der Waals surface area contributed by atoms with Crippen LogP contribution in [0.3, 0.4) is 0 Å². The first-order valence-electron chi connectivity index (χ1n) is 6.12. The van der Waals surface area contributed by atoms with E-state index in [-0.39, 0.29) is 0 Å². The summed E-state index contributed by atoms with van der Waals surface area (Å²) in [4.78, 5) is 4.99. The zero-order valence-electron chi connectivity index (χ0n) is 10.8. The minimum atomic E-state index is 0.628. The van der Waals surface area contributed by atoms with Crippen LogP contribution in [0.1, 0.15) is 19.4 Å². The molecule has 0 bridgehead atoms. The van der Waals surface area contributed by atoms with Gasteiger partial charge in [-0.25, -0.2) is 0 Å². The van der Waals surface area contributed by atoms with Crippen LogP contribution in [-0.2, 0) is 0 Å². The number of likely N-dealkylation sites (N-methyl/N-ethyl adjacent to an activating group) is 1. The lowest BCUT2D eigenvalue weighted by atomic mass is 10.1. The summed E-state index contributed by atoms with van der Waals surface area (Å²) in [5.41, 5.74) is 2.78. The molecule has 0 aliphatic carbocycles. The van der Waals surface area contributed by atoms with Crippen LogP contribution in [-0.4, -0.2) is 37.1 Å². The van der Waals surface area contributed by atoms with E-state index in [0.717, 1.165) is 13.1 Å². The molecule has 2 nitrogen and oxygen atoms in total. The second-order valence-corrected chi connectivity index (χ2v) is 5.05. The van der Waals surface area contributed by atoms with Crippen molar-refractivity contribution in [1.82, 2.24) is 4.90 Å². The second kappa shape index (κ2) is 4.46. The van der Waals surface area contributed by atoms with Crippen LogP contribution >= 0.6 is 0 Å². The Balaban J connectivity index is 2.20. The summed E-state index contributed by atoms with van der Waals surface area (Å²) in [6.45, 7) is 9.07. The zero-order chi connectivity index (χ0) is 11.7. The Bertz CT molecular complexity index is 350. The van der Waals surface area contributed by atoms with Crippen LogP contribution in [0.5, 0.6) is 0 Å². The van der Waals surface area contributed by atoms with E-state index in [1.807, 2.05) is 0 Å². The molecule has 0 N–H and O–H groups in total. The van der Waals surface area contributed by atoms with Crippen LogP contribution in [0.25, 0.3) is 0 Å². The normalized spacial score (nSPS) is 27.1. The van der Waals surface area contributed by atoms with Crippen LogP contribution < -0.4 is 4.90 Å². The molecule has 1 aromatic rings. The molecular formula is C14H22N2. The van der Waals surface area contributed by atoms with Gasteiger partial charge in [-0.2, -0.15) is 0 Å². The van der Waals surface area contributed by atoms with E-state index in [2.05, 4.69) is 61.9 Å². The SMILES string of the molecule is Cc1ccccc1N1C[C@@H](C)N(C)[C@@H](C)C1. The number of benzene rings is 1. The molecular weight excluding hydrogens is 196 g/mol. The molecule has 2 atom stereocenters. The number of para-hydroxylation sites is 1. The van der Waals surface area contributed by atoms with E-state index < -0.39 is 0 Å². The van der Waals surface area contributed by atoms with E-state index >= 15 is 0 Å². The molecule has 16 heavy (non-hydrogen) atoms. The van der Waals surface area contributed by atoms with Gasteiger partial charge in [-0.15, -0.1) is 0 Å². The van der Waals surface area contributed by atoms with Gasteiger partial charge in [-0.05, 0) is 39.4 Å². The minimum absolute atomic E-state index is 0.628. The molecule has 2 heteroatoms. The highest BCUT2D eigenvalue weighted by Crippen LogP contribution is 2.24. The Labute approximate surface area is 98.9 Å². The van der Waals surface area contributed by atoms with Crippen molar-refractivity contribution < 1.29 is 0 Å². The van der Waals surface area contributed by atoms with Crippen molar-refractivity contribution in [2.75, 3.05) is 25.0 Å². The van der Waals surface area contributed by atoms with Crippen molar-refractivity contribution in [1.29, 1.82) is 0 Å². The lowest BCUT2D eigenvalue weighted by Crippen LogP contribution is -2.55. The molecule has 0 amide bonds. The lowest BCUT2D eigenvalue weighted by molar-refractivity contribution is 0.170. The van der Waals surface area contributed by atoms with Gasteiger partial charge in [0.2, 0.25) is 0 Å². The number of anilines is 1. The molecule has 1 heterocycles. The maximum atomic E-state index is 2.52. The fourth-order valence-corrected chi connectivity index (χ4v) is 2.52. The van der Waals surface area contributed by atoms with Crippen LogP contribution in [0.4, 0.5) is 5.69 Å². The third-order valence-electron chi connectivity index (χ3n) is 3.82. The van der Waals surface area contributed by atoms with E-state index in [1.54, 1.807) is 0 Å². The molecule has 1 aliphatic rings. The van der Waals surface area contributed by atoms with E-state index in [1.165, 1.54) is 11.3 Å². The van der Waals surface area contributed by atoms with Gasteiger partial charge >= 0.3 is 0 Å². The summed E-state index contributed by atoms with van der Waals surface area (Å²) in [5.74, 6) is 0. The molecule has 1 aliphatic heterocycles. The van der Waals surface area contributed by atoms with E-state index in [9.17, 15) is 0 Å². The van der Waals surface area contributed by atoms with Crippen LogP contribution in [0.2, 0.25) is 0 Å². The molecule has 1 aromatic carbocycles. The molecule has 0 radical (unpaired) electrons. The number of hydrogen-bond acceptors (Lipinski definition) is 2. The monoisotopic (exact) mass is 218 g/mol. The Morgan fingerprint density at radius 3 is 2.19 bits per heavy atom. The van der Waals surface area contributed by atoms with Gasteiger partial charge in [0.25, 0.3) is 0 Å². The average molecular weight is 218 g/mol. The predicted octanol–water partition coefficient (Wildman–Crippen LogP) is 2.52. The van der Waals surface area contributed by atoms with Crippen LogP contribution in [0, 0.1) is 6.92 Å². The molecule has 1 saturated heterocycles. The zero-order valence-corrected chi connectivity index (χ0v) is 10.8. The summed E-state index contributed by atoms with van der Waals surface area (Å²) in [6.07, 6.45) is 0. The van der Waals surface area contributed by atoms with Crippen molar-refractivity contribution in [3.05, 3.63) is 29.8 Å². The second-order valence-electron chi connectivity index (χ2n) is 5.05. The first kappa shape index (κ1) is 11.5. The van der Waals surface area contributed by atoms with Gasteiger partial charge in [0, 0.05) is 30.9 Å². The third kappa shape index (κ3) is 2.07. The summed E-state index contributed by atoms with van der Waals surface area (Å²) in [6, 6.07) is 9.94. The maximum absolute atomic E-state index is 2.52. The van der Waals surface area contributed by atoms with Gasteiger partial charge in [0.15, 0.2) is 0 Å². The molecule has 2 rings (SSSR count). The van der Waals surface area contributed by atoms with E-state index in [4.69, 9.17) is 0 Å². The van der Waals surface area contributed by atoms with Gasteiger partial charge in [0.05, 0.1) is 0 Å². The Morgan fingerprint density at radius 1 is 1.06 bits per heavy atom. The van der Waals surface area contributed by atoms with Gasteiger partial charge < -0.3 is 4.90 Å². The molecule has 88 valence electrons. The first-order valence-corrected chi connectivity index (χ1v) is 6.12. The maximum Gasteiger partial charge on any atom is 0.0396 e. The number of rotatable bonds is 1. The topological polar surface area (TPSA) is 6.48 Å². The Morgan fingerprint density at radius 2 is 1.62 bits per heavy atom. The summed E-state index contributed by atoms with van der Waals surface area (Å²) in [5, 5.41) is 0. The molecule has 0 aromatic heterocycles. The highest BCUT2D eigenvalue weighted by Gasteiger charge is 2.26. The molecule has 0 unspecified atom stereocenters. The smallest absolute Gasteiger partial charge is 0.0396 e. The summed E-state index contributed by atoms with van der Waals surface area (Å²) >= 11 is 0. The number of piperazine rings is 1. The molecule has 0 saturated carbocycles. The average Bonchev–Trinajstić information content (AvgIpc) is 2.26. The van der Waals surface area contributed by atoms with Crippen molar-refractivity contribution in [3.63, 3.8) is 0 Å². The Hall–Kier alpha value is -1.02.